The van der Waals surface area contributed by atoms with Crippen molar-refractivity contribution < 1.29 is 0 Å². The summed E-state index contributed by atoms with van der Waals surface area (Å²) in [5.41, 5.74) is 2.92. The topological polar surface area (TPSA) is 29.9 Å². The number of rotatable bonds is 3. The maximum Gasteiger partial charge on any atom is 0.0638 e. The lowest BCUT2D eigenvalue weighted by atomic mass is 9.87. The average molecular weight is 221 g/mol. The van der Waals surface area contributed by atoms with E-state index in [9.17, 15) is 0 Å². The molecule has 1 aromatic heterocycles. The van der Waals surface area contributed by atoms with Gasteiger partial charge < -0.3 is 5.32 Å². The summed E-state index contributed by atoms with van der Waals surface area (Å²) in [7, 11) is 1.98. The van der Waals surface area contributed by atoms with E-state index in [0.29, 0.717) is 11.5 Å². The molecule has 0 spiro atoms. The van der Waals surface area contributed by atoms with Gasteiger partial charge in [-0.2, -0.15) is 5.10 Å². The Morgan fingerprint density at radius 2 is 2.31 bits per heavy atom. The van der Waals surface area contributed by atoms with E-state index in [2.05, 4.69) is 37.4 Å². The Kier molecular flexibility index (Phi) is 3.06. The minimum atomic E-state index is 0.454. The average Bonchev–Trinajstić information content (AvgIpc) is 2.66. The Morgan fingerprint density at radius 3 is 2.81 bits per heavy atom. The molecule has 1 heterocycles. The van der Waals surface area contributed by atoms with Crippen LogP contribution >= 0.6 is 0 Å². The van der Waals surface area contributed by atoms with Crippen molar-refractivity contribution >= 4 is 0 Å². The van der Waals surface area contributed by atoms with Gasteiger partial charge in [0.15, 0.2) is 0 Å². The molecule has 0 bridgehead atoms. The van der Waals surface area contributed by atoms with Crippen molar-refractivity contribution in [3.05, 3.63) is 17.5 Å². The SMILES string of the molecule is Cc1nn(C)cc1CNC1CCCC1(C)C. The Bertz CT molecular complexity index is 365. The summed E-state index contributed by atoms with van der Waals surface area (Å²) < 4.78 is 1.89. The fourth-order valence-corrected chi connectivity index (χ4v) is 2.76. The summed E-state index contributed by atoms with van der Waals surface area (Å²) in [5, 5.41) is 8.06. The zero-order valence-corrected chi connectivity index (χ0v) is 10.9. The number of nitrogens with one attached hydrogen (secondary N) is 1. The van der Waals surface area contributed by atoms with E-state index in [0.717, 1.165) is 12.2 Å². The molecule has 0 amide bonds. The van der Waals surface area contributed by atoms with Crippen LogP contribution in [0.5, 0.6) is 0 Å². The highest BCUT2D eigenvalue weighted by molar-refractivity contribution is 5.15. The number of aromatic nitrogens is 2. The minimum absolute atomic E-state index is 0.454. The van der Waals surface area contributed by atoms with Crippen molar-refractivity contribution in [3.8, 4) is 0 Å². The third-order valence-corrected chi connectivity index (χ3v) is 3.91. The van der Waals surface area contributed by atoms with Gasteiger partial charge in [-0.15, -0.1) is 0 Å². The standard InChI is InChI=1S/C13H23N3/c1-10-11(9-16(4)15-10)8-14-12-6-5-7-13(12,2)3/h9,12,14H,5-8H2,1-4H3. The summed E-state index contributed by atoms with van der Waals surface area (Å²) in [6.45, 7) is 7.77. The number of nitrogens with zero attached hydrogens (tertiary/aromatic N) is 2. The molecule has 1 atom stereocenters. The van der Waals surface area contributed by atoms with Crippen LogP contribution in [0.4, 0.5) is 0 Å². The van der Waals surface area contributed by atoms with E-state index in [1.165, 1.54) is 24.8 Å². The number of aryl methyl sites for hydroxylation is 2. The monoisotopic (exact) mass is 221 g/mol. The summed E-state index contributed by atoms with van der Waals surface area (Å²) >= 11 is 0. The quantitative estimate of drug-likeness (QED) is 0.849. The lowest BCUT2D eigenvalue weighted by Crippen LogP contribution is -2.37. The summed E-state index contributed by atoms with van der Waals surface area (Å²) in [4.78, 5) is 0. The van der Waals surface area contributed by atoms with Gasteiger partial charge in [-0.05, 0) is 25.2 Å². The second-order valence-corrected chi connectivity index (χ2v) is 5.73. The first-order valence-corrected chi connectivity index (χ1v) is 6.21. The molecule has 1 aliphatic rings. The molecule has 2 rings (SSSR count). The molecule has 1 unspecified atom stereocenters. The summed E-state index contributed by atoms with van der Waals surface area (Å²) in [6.07, 6.45) is 6.13. The first kappa shape index (κ1) is 11.6. The molecular formula is C13H23N3. The van der Waals surface area contributed by atoms with Crippen molar-refractivity contribution in [1.82, 2.24) is 15.1 Å². The number of hydrogen-bond acceptors (Lipinski definition) is 2. The molecule has 16 heavy (non-hydrogen) atoms. The Balaban J connectivity index is 1.95. The first-order valence-electron chi connectivity index (χ1n) is 6.21. The van der Waals surface area contributed by atoms with Crippen LogP contribution in [0, 0.1) is 12.3 Å². The fourth-order valence-electron chi connectivity index (χ4n) is 2.76. The zero-order chi connectivity index (χ0) is 11.8. The van der Waals surface area contributed by atoms with E-state index in [-0.39, 0.29) is 0 Å². The van der Waals surface area contributed by atoms with Gasteiger partial charge in [0, 0.05) is 31.4 Å². The predicted octanol–water partition coefficient (Wildman–Crippen LogP) is 2.40. The molecule has 3 nitrogen and oxygen atoms in total. The van der Waals surface area contributed by atoms with Crippen molar-refractivity contribution in [1.29, 1.82) is 0 Å². The molecule has 1 aromatic rings. The maximum atomic E-state index is 4.37. The highest BCUT2D eigenvalue weighted by Gasteiger charge is 2.33. The van der Waals surface area contributed by atoms with Crippen LogP contribution < -0.4 is 5.32 Å². The van der Waals surface area contributed by atoms with Crippen molar-refractivity contribution in [2.75, 3.05) is 0 Å². The highest BCUT2D eigenvalue weighted by Crippen LogP contribution is 2.37. The molecule has 0 saturated heterocycles. The van der Waals surface area contributed by atoms with E-state index < -0.39 is 0 Å². The van der Waals surface area contributed by atoms with Gasteiger partial charge in [-0.25, -0.2) is 0 Å². The van der Waals surface area contributed by atoms with Gasteiger partial charge in [0.05, 0.1) is 5.69 Å². The van der Waals surface area contributed by atoms with E-state index in [1.807, 2.05) is 11.7 Å². The van der Waals surface area contributed by atoms with Gasteiger partial charge in [-0.1, -0.05) is 20.3 Å². The molecule has 1 N–H and O–H groups in total. The third-order valence-electron chi connectivity index (χ3n) is 3.91. The predicted molar refractivity (Wildman–Crippen MR) is 66.2 cm³/mol. The van der Waals surface area contributed by atoms with Gasteiger partial charge in [0.25, 0.3) is 0 Å². The molecule has 3 heteroatoms. The Hall–Kier alpha value is -0.830. The second kappa shape index (κ2) is 4.21. The lowest BCUT2D eigenvalue weighted by molar-refractivity contribution is 0.282. The van der Waals surface area contributed by atoms with Crippen molar-refractivity contribution in [2.45, 2.75) is 52.6 Å². The lowest BCUT2D eigenvalue weighted by Gasteiger charge is -2.27. The molecule has 1 aliphatic carbocycles. The van der Waals surface area contributed by atoms with E-state index in [4.69, 9.17) is 0 Å². The molecule has 1 saturated carbocycles. The third kappa shape index (κ3) is 2.29. The summed E-state index contributed by atoms with van der Waals surface area (Å²) in [5.74, 6) is 0. The summed E-state index contributed by atoms with van der Waals surface area (Å²) in [6, 6.07) is 0.659. The van der Waals surface area contributed by atoms with Crippen LogP contribution in [0.1, 0.15) is 44.4 Å². The van der Waals surface area contributed by atoms with Gasteiger partial charge in [0.1, 0.15) is 0 Å². The van der Waals surface area contributed by atoms with Gasteiger partial charge >= 0.3 is 0 Å². The molecule has 1 fully saturated rings. The zero-order valence-electron chi connectivity index (χ0n) is 10.9. The Labute approximate surface area is 98.2 Å². The molecule has 90 valence electrons. The van der Waals surface area contributed by atoms with E-state index >= 15 is 0 Å². The van der Waals surface area contributed by atoms with Crippen LogP contribution in [0.3, 0.4) is 0 Å². The molecule has 0 radical (unpaired) electrons. The fraction of sp³-hybridized carbons (Fsp3) is 0.769. The molecule has 0 aliphatic heterocycles. The minimum Gasteiger partial charge on any atom is -0.309 e. The van der Waals surface area contributed by atoms with Crippen LogP contribution in [-0.2, 0) is 13.6 Å². The van der Waals surface area contributed by atoms with Gasteiger partial charge in [-0.3, -0.25) is 4.68 Å². The number of hydrogen-bond donors (Lipinski definition) is 1. The largest absolute Gasteiger partial charge is 0.309 e. The highest BCUT2D eigenvalue weighted by atomic mass is 15.3. The van der Waals surface area contributed by atoms with Gasteiger partial charge in [0.2, 0.25) is 0 Å². The Morgan fingerprint density at radius 1 is 1.56 bits per heavy atom. The van der Waals surface area contributed by atoms with Crippen molar-refractivity contribution in [2.24, 2.45) is 12.5 Å². The van der Waals surface area contributed by atoms with Crippen molar-refractivity contribution in [3.63, 3.8) is 0 Å². The maximum absolute atomic E-state index is 4.37. The smallest absolute Gasteiger partial charge is 0.0638 e. The van der Waals surface area contributed by atoms with Crippen LogP contribution in [0.25, 0.3) is 0 Å². The first-order chi connectivity index (χ1) is 7.49. The normalized spacial score (nSPS) is 23.9. The molecule has 0 aromatic carbocycles. The molecular weight excluding hydrogens is 198 g/mol. The van der Waals surface area contributed by atoms with E-state index in [1.54, 1.807) is 0 Å². The van der Waals surface area contributed by atoms with Crippen LogP contribution in [0.2, 0.25) is 0 Å². The second-order valence-electron chi connectivity index (χ2n) is 5.73. The van der Waals surface area contributed by atoms with Crippen LogP contribution in [-0.4, -0.2) is 15.8 Å². The van der Waals surface area contributed by atoms with Crippen LogP contribution in [0.15, 0.2) is 6.20 Å².